The second-order valence-electron chi connectivity index (χ2n) is 7.00. The van der Waals surface area contributed by atoms with Gasteiger partial charge in [-0.3, -0.25) is 9.59 Å². The molecule has 160 valence electrons. The van der Waals surface area contributed by atoms with Crippen LogP contribution in [0.3, 0.4) is 0 Å². The number of carbonyl (C=O) groups excluding carboxylic acids is 2. The Bertz CT molecular complexity index is 807. The van der Waals surface area contributed by atoms with Gasteiger partial charge in [-0.05, 0) is 50.5 Å². The van der Waals surface area contributed by atoms with E-state index in [0.29, 0.717) is 31.7 Å². The summed E-state index contributed by atoms with van der Waals surface area (Å²) < 4.78 is 27.1. The Morgan fingerprint density at radius 1 is 1.03 bits per heavy atom. The SMILES string of the molecule is CCN(CC)C(=O)CNC(=O)/C=C/c1ccc(S(=O)(=O)N2CCCCCC2)cc1. The third-order valence-electron chi connectivity index (χ3n) is 5.04. The van der Waals surface area contributed by atoms with E-state index in [1.165, 1.54) is 6.08 Å². The molecule has 0 spiro atoms. The van der Waals surface area contributed by atoms with Crippen LogP contribution in [0.25, 0.3) is 6.08 Å². The predicted octanol–water partition coefficient (Wildman–Crippen LogP) is 2.25. The van der Waals surface area contributed by atoms with Crippen LogP contribution in [0.2, 0.25) is 0 Å². The van der Waals surface area contributed by atoms with E-state index in [1.54, 1.807) is 39.5 Å². The Labute approximate surface area is 173 Å². The van der Waals surface area contributed by atoms with Crippen LogP contribution in [0.15, 0.2) is 35.2 Å². The molecule has 8 heteroatoms. The monoisotopic (exact) mass is 421 g/mol. The number of amides is 2. The van der Waals surface area contributed by atoms with Crippen molar-refractivity contribution in [2.24, 2.45) is 0 Å². The zero-order chi connectivity index (χ0) is 21.3. The van der Waals surface area contributed by atoms with Gasteiger partial charge in [0.05, 0.1) is 11.4 Å². The zero-order valence-electron chi connectivity index (χ0n) is 17.3. The van der Waals surface area contributed by atoms with Gasteiger partial charge in [-0.2, -0.15) is 4.31 Å². The Kier molecular flexibility index (Phi) is 8.85. The number of rotatable bonds is 8. The van der Waals surface area contributed by atoms with Crippen LogP contribution in [0, 0.1) is 0 Å². The summed E-state index contributed by atoms with van der Waals surface area (Å²) in [5, 5.41) is 2.57. The van der Waals surface area contributed by atoms with Gasteiger partial charge >= 0.3 is 0 Å². The molecule has 0 bridgehead atoms. The van der Waals surface area contributed by atoms with Gasteiger partial charge in [-0.1, -0.05) is 25.0 Å². The lowest BCUT2D eigenvalue weighted by Crippen LogP contribution is -2.39. The third kappa shape index (κ3) is 6.68. The molecule has 1 aliphatic rings. The predicted molar refractivity (Wildman–Crippen MR) is 114 cm³/mol. The van der Waals surface area contributed by atoms with E-state index in [-0.39, 0.29) is 23.3 Å². The van der Waals surface area contributed by atoms with Crippen LogP contribution in [-0.2, 0) is 19.6 Å². The standard InChI is InChI=1S/C21H31N3O4S/c1-3-23(4-2)21(26)17-22-20(25)14-11-18-9-12-19(13-10-18)29(27,28)24-15-7-5-6-8-16-24/h9-14H,3-8,15-17H2,1-2H3,(H,22,25)/b14-11+. The number of hydrogen-bond donors (Lipinski definition) is 1. The highest BCUT2D eigenvalue weighted by molar-refractivity contribution is 7.89. The van der Waals surface area contributed by atoms with Crippen LogP contribution in [0.1, 0.15) is 45.1 Å². The summed E-state index contributed by atoms with van der Waals surface area (Å²) in [5.41, 5.74) is 0.713. The molecule has 7 nitrogen and oxygen atoms in total. The van der Waals surface area contributed by atoms with Crippen LogP contribution in [-0.4, -0.2) is 62.2 Å². The average Bonchev–Trinajstić information content (AvgIpc) is 3.02. The molecule has 0 radical (unpaired) electrons. The Morgan fingerprint density at radius 3 is 2.17 bits per heavy atom. The van der Waals surface area contributed by atoms with Gasteiger partial charge in [0.25, 0.3) is 0 Å². The van der Waals surface area contributed by atoms with Gasteiger partial charge in [-0.25, -0.2) is 8.42 Å². The molecule has 1 aromatic carbocycles. The normalized spacial score (nSPS) is 15.8. The summed E-state index contributed by atoms with van der Waals surface area (Å²) in [4.78, 5) is 25.7. The van der Waals surface area contributed by atoms with Crippen molar-refractivity contribution in [3.63, 3.8) is 0 Å². The van der Waals surface area contributed by atoms with Crippen LogP contribution in [0.4, 0.5) is 0 Å². The van der Waals surface area contributed by atoms with Crippen LogP contribution >= 0.6 is 0 Å². The number of nitrogens with zero attached hydrogens (tertiary/aromatic N) is 2. The van der Waals surface area contributed by atoms with Gasteiger partial charge in [-0.15, -0.1) is 0 Å². The Morgan fingerprint density at radius 2 is 1.62 bits per heavy atom. The Balaban J connectivity index is 1.94. The molecule has 1 N–H and O–H groups in total. The zero-order valence-corrected chi connectivity index (χ0v) is 18.1. The smallest absolute Gasteiger partial charge is 0.244 e. The lowest BCUT2D eigenvalue weighted by atomic mass is 10.2. The van der Waals surface area contributed by atoms with Gasteiger partial charge < -0.3 is 10.2 Å². The van der Waals surface area contributed by atoms with E-state index in [1.807, 2.05) is 13.8 Å². The largest absolute Gasteiger partial charge is 0.343 e. The van der Waals surface area contributed by atoms with Crippen molar-refractivity contribution >= 4 is 27.9 Å². The first-order valence-electron chi connectivity index (χ1n) is 10.2. The minimum Gasteiger partial charge on any atom is -0.343 e. The van der Waals surface area contributed by atoms with E-state index < -0.39 is 10.0 Å². The number of hydrogen-bond acceptors (Lipinski definition) is 4. The first kappa shape index (κ1) is 23.1. The molecule has 1 aromatic rings. The van der Waals surface area contributed by atoms with E-state index in [4.69, 9.17) is 0 Å². The van der Waals surface area contributed by atoms with Gasteiger partial charge in [0.2, 0.25) is 21.8 Å². The van der Waals surface area contributed by atoms with Gasteiger partial charge in [0.1, 0.15) is 0 Å². The molecule has 1 saturated heterocycles. The molecular weight excluding hydrogens is 390 g/mol. The van der Waals surface area contributed by atoms with Crippen molar-refractivity contribution in [2.45, 2.75) is 44.4 Å². The summed E-state index contributed by atoms with van der Waals surface area (Å²) in [7, 11) is -3.48. The summed E-state index contributed by atoms with van der Waals surface area (Å²) in [5.74, 6) is -0.494. The minimum atomic E-state index is -3.48. The van der Waals surface area contributed by atoms with Crippen LogP contribution < -0.4 is 5.32 Å². The first-order valence-corrected chi connectivity index (χ1v) is 11.7. The average molecular weight is 422 g/mol. The minimum absolute atomic E-state index is 0.0438. The summed E-state index contributed by atoms with van der Waals surface area (Å²) in [6, 6.07) is 6.49. The summed E-state index contributed by atoms with van der Waals surface area (Å²) in [6.07, 6.45) is 6.86. The van der Waals surface area contributed by atoms with Crippen molar-refractivity contribution < 1.29 is 18.0 Å². The number of benzene rings is 1. The fourth-order valence-electron chi connectivity index (χ4n) is 3.26. The van der Waals surface area contributed by atoms with Gasteiger partial charge in [0.15, 0.2) is 0 Å². The highest BCUT2D eigenvalue weighted by atomic mass is 32.2. The lowest BCUT2D eigenvalue weighted by molar-refractivity contribution is -0.131. The highest BCUT2D eigenvalue weighted by Gasteiger charge is 2.24. The quantitative estimate of drug-likeness (QED) is 0.652. The number of nitrogens with one attached hydrogen (secondary N) is 1. The molecule has 0 unspecified atom stereocenters. The second-order valence-corrected chi connectivity index (χ2v) is 8.94. The molecule has 2 amide bonds. The van der Waals surface area contributed by atoms with Crippen molar-refractivity contribution in [3.8, 4) is 0 Å². The second kappa shape index (κ2) is 11.1. The third-order valence-corrected chi connectivity index (χ3v) is 6.95. The molecule has 0 atom stereocenters. The summed E-state index contributed by atoms with van der Waals surface area (Å²) >= 11 is 0. The Hall–Kier alpha value is -2.19. The van der Waals surface area contributed by atoms with Crippen molar-refractivity contribution in [2.75, 3.05) is 32.7 Å². The number of carbonyl (C=O) groups is 2. The maximum absolute atomic E-state index is 12.8. The summed E-state index contributed by atoms with van der Waals surface area (Å²) in [6.45, 7) is 6.08. The molecule has 2 rings (SSSR count). The lowest BCUT2D eigenvalue weighted by Gasteiger charge is -2.19. The van der Waals surface area contributed by atoms with Crippen molar-refractivity contribution in [3.05, 3.63) is 35.9 Å². The van der Waals surface area contributed by atoms with Crippen LogP contribution in [0.5, 0.6) is 0 Å². The molecule has 0 aromatic heterocycles. The molecule has 29 heavy (non-hydrogen) atoms. The highest BCUT2D eigenvalue weighted by Crippen LogP contribution is 2.20. The molecular formula is C21H31N3O4S. The first-order chi connectivity index (χ1) is 13.9. The fraction of sp³-hybridized carbons (Fsp3) is 0.524. The number of likely N-dealkylation sites (N-methyl/N-ethyl adjacent to an activating group) is 1. The maximum Gasteiger partial charge on any atom is 0.244 e. The van der Waals surface area contributed by atoms with Crippen molar-refractivity contribution in [1.29, 1.82) is 0 Å². The molecule has 1 aliphatic heterocycles. The topological polar surface area (TPSA) is 86.8 Å². The van der Waals surface area contributed by atoms with E-state index in [9.17, 15) is 18.0 Å². The van der Waals surface area contributed by atoms with Crippen molar-refractivity contribution in [1.82, 2.24) is 14.5 Å². The van der Waals surface area contributed by atoms with E-state index in [0.717, 1.165) is 25.7 Å². The molecule has 1 heterocycles. The number of sulfonamides is 1. The fourth-order valence-corrected chi connectivity index (χ4v) is 4.78. The van der Waals surface area contributed by atoms with E-state index >= 15 is 0 Å². The maximum atomic E-state index is 12.8. The molecule has 1 fully saturated rings. The molecule has 0 aliphatic carbocycles. The van der Waals surface area contributed by atoms with Gasteiger partial charge in [0, 0.05) is 32.3 Å². The molecule has 0 saturated carbocycles. The van der Waals surface area contributed by atoms with E-state index in [2.05, 4.69) is 5.32 Å².